The molecule has 1 N–H and O–H groups in total. The Morgan fingerprint density at radius 1 is 1.31 bits per heavy atom. The van der Waals surface area contributed by atoms with Crippen molar-refractivity contribution in [2.24, 2.45) is 5.92 Å². The second kappa shape index (κ2) is 7.29. The van der Waals surface area contributed by atoms with Crippen LogP contribution in [0.25, 0.3) is 0 Å². The molecule has 0 aliphatic heterocycles. The smallest absolute Gasteiger partial charge is 0.00928 e. The average molecular weight is 226 g/mol. The van der Waals surface area contributed by atoms with Crippen LogP contribution in [0.5, 0.6) is 0 Å². The Bertz CT molecular complexity index is 180. The molecule has 3 unspecified atom stereocenters. The number of rotatable bonds is 7. The maximum absolute atomic E-state index is 3.48. The van der Waals surface area contributed by atoms with E-state index in [1.54, 1.807) is 0 Å². The lowest BCUT2D eigenvalue weighted by atomic mass is 9.99. The number of nitrogens with one attached hydrogen (secondary N) is 1. The summed E-state index contributed by atoms with van der Waals surface area (Å²) in [6.45, 7) is 9.42. The van der Waals surface area contributed by atoms with Crippen LogP contribution in [-0.2, 0) is 0 Å². The highest BCUT2D eigenvalue weighted by molar-refractivity contribution is 4.83. The molecule has 1 aliphatic carbocycles. The number of hydrogen-bond donors (Lipinski definition) is 1. The monoisotopic (exact) mass is 226 g/mol. The molecule has 0 aromatic heterocycles. The largest absolute Gasteiger partial charge is 0.317 e. The molecule has 0 aromatic carbocycles. The third-order valence-electron chi connectivity index (χ3n) is 4.44. The Hall–Kier alpha value is -0.0800. The minimum atomic E-state index is 0.749. The molecule has 0 radical (unpaired) electrons. The Labute approximate surface area is 102 Å². The van der Waals surface area contributed by atoms with Crippen molar-refractivity contribution < 1.29 is 0 Å². The van der Waals surface area contributed by atoms with Crippen LogP contribution < -0.4 is 5.32 Å². The highest BCUT2D eigenvalue weighted by Gasteiger charge is 2.26. The predicted octanol–water partition coefficient (Wildman–Crippen LogP) is 2.89. The van der Waals surface area contributed by atoms with Crippen molar-refractivity contribution in [2.75, 3.05) is 20.1 Å². The van der Waals surface area contributed by atoms with Gasteiger partial charge in [-0.15, -0.1) is 0 Å². The lowest BCUT2D eigenvalue weighted by Gasteiger charge is -2.29. The summed E-state index contributed by atoms with van der Waals surface area (Å²) in [4.78, 5) is 2.63. The van der Waals surface area contributed by atoms with Crippen molar-refractivity contribution in [3.8, 4) is 0 Å². The topological polar surface area (TPSA) is 15.3 Å². The van der Waals surface area contributed by atoms with Gasteiger partial charge in [-0.25, -0.2) is 0 Å². The molecular formula is C14H30N2. The van der Waals surface area contributed by atoms with Crippen LogP contribution in [0.3, 0.4) is 0 Å². The lowest BCUT2D eigenvalue weighted by molar-refractivity contribution is 0.194. The highest BCUT2D eigenvalue weighted by atomic mass is 15.1. The van der Waals surface area contributed by atoms with Gasteiger partial charge in [-0.1, -0.05) is 20.3 Å². The van der Waals surface area contributed by atoms with Gasteiger partial charge in [0.1, 0.15) is 0 Å². The molecular weight excluding hydrogens is 196 g/mol. The fourth-order valence-electron chi connectivity index (χ4n) is 3.04. The SMILES string of the molecule is CCC(C)N(CC)CCC1CCCC1NC. The molecule has 96 valence electrons. The standard InChI is InChI=1S/C14H30N2/c1-5-12(3)16(6-2)11-10-13-8-7-9-14(13)15-4/h12-15H,5-11H2,1-4H3. The Kier molecular flexibility index (Phi) is 6.37. The molecule has 1 saturated carbocycles. The summed E-state index contributed by atoms with van der Waals surface area (Å²) >= 11 is 0. The summed E-state index contributed by atoms with van der Waals surface area (Å²) in [6, 6.07) is 1.54. The Morgan fingerprint density at radius 2 is 2.06 bits per heavy atom. The van der Waals surface area contributed by atoms with Crippen LogP contribution in [0.15, 0.2) is 0 Å². The minimum Gasteiger partial charge on any atom is -0.317 e. The maximum atomic E-state index is 3.48. The summed E-state index contributed by atoms with van der Waals surface area (Å²) < 4.78 is 0. The van der Waals surface area contributed by atoms with Crippen LogP contribution in [0.4, 0.5) is 0 Å². The normalized spacial score (nSPS) is 27.6. The zero-order chi connectivity index (χ0) is 12.0. The van der Waals surface area contributed by atoms with Gasteiger partial charge < -0.3 is 10.2 Å². The summed E-state index contributed by atoms with van der Waals surface area (Å²) in [7, 11) is 2.12. The molecule has 0 heterocycles. The van der Waals surface area contributed by atoms with Crippen molar-refractivity contribution in [2.45, 2.75) is 65.0 Å². The van der Waals surface area contributed by atoms with Crippen LogP contribution in [0.2, 0.25) is 0 Å². The first-order valence-corrected chi connectivity index (χ1v) is 7.14. The average Bonchev–Trinajstić information content (AvgIpc) is 2.76. The molecule has 0 bridgehead atoms. The zero-order valence-electron chi connectivity index (χ0n) is 11.6. The van der Waals surface area contributed by atoms with E-state index in [9.17, 15) is 0 Å². The van der Waals surface area contributed by atoms with Crippen molar-refractivity contribution in [3.05, 3.63) is 0 Å². The molecule has 0 amide bonds. The second-order valence-corrected chi connectivity index (χ2v) is 5.26. The molecule has 0 spiro atoms. The molecule has 16 heavy (non-hydrogen) atoms. The van der Waals surface area contributed by atoms with E-state index in [0.29, 0.717) is 0 Å². The van der Waals surface area contributed by atoms with E-state index in [1.807, 2.05) is 0 Å². The van der Waals surface area contributed by atoms with Crippen LogP contribution in [0, 0.1) is 5.92 Å². The predicted molar refractivity (Wildman–Crippen MR) is 71.8 cm³/mol. The van der Waals surface area contributed by atoms with Gasteiger partial charge in [-0.05, 0) is 58.7 Å². The van der Waals surface area contributed by atoms with Crippen molar-refractivity contribution in [1.29, 1.82) is 0 Å². The van der Waals surface area contributed by atoms with Crippen LogP contribution >= 0.6 is 0 Å². The molecule has 2 heteroatoms. The molecule has 1 fully saturated rings. The van der Waals surface area contributed by atoms with E-state index in [2.05, 4.69) is 38.0 Å². The first kappa shape index (κ1) is 14.0. The van der Waals surface area contributed by atoms with Gasteiger partial charge in [0.05, 0.1) is 0 Å². The van der Waals surface area contributed by atoms with E-state index in [1.165, 1.54) is 45.2 Å². The molecule has 0 aromatic rings. The third-order valence-corrected chi connectivity index (χ3v) is 4.44. The van der Waals surface area contributed by atoms with E-state index in [4.69, 9.17) is 0 Å². The third kappa shape index (κ3) is 3.74. The molecule has 0 saturated heterocycles. The minimum absolute atomic E-state index is 0.749. The molecule has 3 atom stereocenters. The number of nitrogens with zero attached hydrogens (tertiary/aromatic N) is 1. The quantitative estimate of drug-likeness (QED) is 0.718. The second-order valence-electron chi connectivity index (χ2n) is 5.26. The van der Waals surface area contributed by atoms with Gasteiger partial charge >= 0.3 is 0 Å². The van der Waals surface area contributed by atoms with Crippen molar-refractivity contribution in [3.63, 3.8) is 0 Å². The van der Waals surface area contributed by atoms with E-state index < -0.39 is 0 Å². The summed E-state index contributed by atoms with van der Waals surface area (Å²) in [5, 5.41) is 3.48. The number of hydrogen-bond acceptors (Lipinski definition) is 2. The van der Waals surface area contributed by atoms with Gasteiger partial charge in [0.15, 0.2) is 0 Å². The lowest BCUT2D eigenvalue weighted by Crippen LogP contribution is -2.36. The van der Waals surface area contributed by atoms with Gasteiger partial charge in [0.25, 0.3) is 0 Å². The zero-order valence-corrected chi connectivity index (χ0v) is 11.6. The van der Waals surface area contributed by atoms with Crippen molar-refractivity contribution in [1.82, 2.24) is 10.2 Å². The fourth-order valence-corrected chi connectivity index (χ4v) is 3.04. The molecule has 1 rings (SSSR count). The maximum Gasteiger partial charge on any atom is 0.00928 e. The van der Waals surface area contributed by atoms with Crippen molar-refractivity contribution >= 4 is 0 Å². The first-order chi connectivity index (χ1) is 7.72. The summed E-state index contributed by atoms with van der Waals surface area (Å²) in [5.41, 5.74) is 0. The van der Waals surface area contributed by atoms with Gasteiger partial charge in [0.2, 0.25) is 0 Å². The summed E-state index contributed by atoms with van der Waals surface area (Å²) in [6.07, 6.45) is 6.89. The molecule has 1 aliphatic rings. The fraction of sp³-hybridized carbons (Fsp3) is 1.00. The van der Waals surface area contributed by atoms with E-state index >= 15 is 0 Å². The molecule has 2 nitrogen and oxygen atoms in total. The van der Waals surface area contributed by atoms with E-state index in [0.717, 1.165) is 18.0 Å². The van der Waals surface area contributed by atoms with Crippen LogP contribution in [-0.4, -0.2) is 37.1 Å². The van der Waals surface area contributed by atoms with E-state index in [-0.39, 0.29) is 0 Å². The highest BCUT2D eigenvalue weighted by Crippen LogP contribution is 2.28. The van der Waals surface area contributed by atoms with Gasteiger partial charge in [-0.2, -0.15) is 0 Å². The Balaban J connectivity index is 2.31. The first-order valence-electron chi connectivity index (χ1n) is 7.14. The van der Waals surface area contributed by atoms with Gasteiger partial charge in [0, 0.05) is 12.1 Å². The summed E-state index contributed by atoms with van der Waals surface area (Å²) in [5.74, 6) is 0.920. The Morgan fingerprint density at radius 3 is 2.62 bits per heavy atom. The van der Waals surface area contributed by atoms with Crippen LogP contribution in [0.1, 0.15) is 52.9 Å². The van der Waals surface area contributed by atoms with Gasteiger partial charge in [-0.3, -0.25) is 0 Å².